The lowest BCUT2D eigenvalue weighted by atomic mass is 10.0. The number of amides is 1. The average Bonchev–Trinajstić information content (AvgIpc) is 2.75. The van der Waals surface area contributed by atoms with E-state index in [1.54, 1.807) is 12.1 Å². The second kappa shape index (κ2) is 16.0. The van der Waals surface area contributed by atoms with E-state index in [1.165, 1.54) is 89.2 Å². The van der Waals surface area contributed by atoms with Crippen LogP contribution < -0.4 is 10.0 Å². The Morgan fingerprint density at radius 2 is 1.18 bits per heavy atom. The molecule has 0 saturated heterocycles. The van der Waals surface area contributed by atoms with Crippen molar-refractivity contribution in [3.05, 3.63) is 29.8 Å². The van der Waals surface area contributed by atoms with Gasteiger partial charge in [0, 0.05) is 17.8 Å². The number of carbonyl (C=O) groups is 1. The molecule has 0 aromatic heterocycles. The highest BCUT2D eigenvalue weighted by Crippen LogP contribution is 2.22. The molecule has 1 aromatic rings. The Balaban J connectivity index is 2.07. The van der Waals surface area contributed by atoms with Gasteiger partial charge in [0.2, 0.25) is 0 Å². The molecule has 0 saturated carbocycles. The molecule has 9 heteroatoms. The largest absolute Gasteiger partial charge is 0.516 e. The summed E-state index contributed by atoms with van der Waals surface area (Å²) in [4.78, 5) is 11.7. The van der Waals surface area contributed by atoms with Gasteiger partial charge in [-0.25, -0.2) is 4.72 Å². The average molecular weight is 493 g/mol. The fraction of sp³-hybridized carbons (Fsp3) is 0.708. The van der Waals surface area contributed by atoms with Gasteiger partial charge in [-0.05, 0) is 30.7 Å². The summed E-state index contributed by atoms with van der Waals surface area (Å²) in [6, 6.07) is 5.65. The minimum absolute atomic E-state index is 0.162. The molecule has 1 amide bonds. The summed E-state index contributed by atoms with van der Waals surface area (Å²) in [6.07, 6.45) is 18.1. The first kappa shape index (κ1) is 29.3. The highest BCUT2D eigenvalue weighted by molar-refractivity contribution is 7.90. The lowest BCUT2D eigenvalue weighted by molar-refractivity contribution is -0.0446. The summed E-state index contributed by atoms with van der Waals surface area (Å²) in [5, 5.41) is 3.20. The predicted octanol–water partition coefficient (Wildman–Crippen LogP) is 7.16. The number of halogens is 3. The summed E-state index contributed by atoms with van der Waals surface area (Å²) in [6.45, 7) is 3.00. The monoisotopic (exact) mass is 492 g/mol. The summed E-state index contributed by atoms with van der Waals surface area (Å²) in [5.41, 5.74) is -4.97. The smallest absolute Gasteiger partial charge is 0.385 e. The van der Waals surface area contributed by atoms with Gasteiger partial charge in [0.25, 0.3) is 5.91 Å². The van der Waals surface area contributed by atoms with Crippen LogP contribution in [0.15, 0.2) is 24.3 Å². The summed E-state index contributed by atoms with van der Waals surface area (Å²) < 4.78 is 60.0. The number of anilines is 1. The predicted molar refractivity (Wildman–Crippen MR) is 128 cm³/mol. The van der Waals surface area contributed by atoms with E-state index in [-0.39, 0.29) is 5.56 Å². The normalized spacial score (nSPS) is 12.0. The van der Waals surface area contributed by atoms with Crippen molar-refractivity contribution in [2.75, 3.05) is 11.9 Å². The molecule has 0 aliphatic rings. The first-order chi connectivity index (χ1) is 15.7. The molecule has 33 heavy (non-hydrogen) atoms. The molecule has 0 radical (unpaired) electrons. The van der Waals surface area contributed by atoms with Gasteiger partial charge in [-0.3, -0.25) is 4.79 Å². The molecule has 0 aliphatic carbocycles. The van der Waals surface area contributed by atoms with Crippen LogP contribution in [-0.4, -0.2) is 26.4 Å². The third-order valence-corrected chi connectivity index (χ3v) is 6.60. The maximum atomic E-state index is 12.3. The van der Waals surface area contributed by atoms with E-state index in [9.17, 15) is 26.4 Å². The van der Waals surface area contributed by atoms with E-state index >= 15 is 0 Å². The highest BCUT2D eigenvalue weighted by Gasteiger charge is 2.47. The Morgan fingerprint density at radius 3 is 1.61 bits per heavy atom. The quantitative estimate of drug-likeness (QED) is 0.213. The Hall–Kier alpha value is -1.77. The number of rotatable bonds is 18. The maximum Gasteiger partial charge on any atom is 0.516 e. The number of sulfonamides is 1. The number of hydrogen-bond donors (Lipinski definition) is 2. The number of carbonyl (C=O) groups excluding carboxylic acids is 1. The minimum atomic E-state index is -5.71. The van der Waals surface area contributed by atoms with Crippen LogP contribution in [0.25, 0.3) is 0 Å². The van der Waals surface area contributed by atoms with Crippen LogP contribution in [0.5, 0.6) is 0 Å². The summed E-state index contributed by atoms with van der Waals surface area (Å²) in [7, 11) is -5.71. The van der Waals surface area contributed by atoms with E-state index in [4.69, 9.17) is 0 Å². The zero-order valence-corrected chi connectivity index (χ0v) is 20.5. The number of alkyl halides is 3. The molecular formula is C24H39F3N2O3S. The molecule has 0 aliphatic heterocycles. The molecule has 1 aromatic carbocycles. The highest BCUT2D eigenvalue weighted by atomic mass is 32.2. The van der Waals surface area contributed by atoms with Crippen molar-refractivity contribution in [3.8, 4) is 0 Å². The fourth-order valence-electron chi connectivity index (χ4n) is 3.53. The van der Waals surface area contributed by atoms with Crippen LogP contribution in [0.4, 0.5) is 18.9 Å². The van der Waals surface area contributed by atoms with Crippen molar-refractivity contribution in [3.63, 3.8) is 0 Å². The van der Waals surface area contributed by atoms with Crippen molar-refractivity contribution >= 4 is 21.6 Å². The van der Waals surface area contributed by atoms with Crippen molar-refractivity contribution in [1.29, 1.82) is 0 Å². The van der Waals surface area contributed by atoms with Gasteiger partial charge in [-0.15, -0.1) is 0 Å². The molecule has 0 atom stereocenters. The standard InChI is InChI=1S/C24H39F3N2O3S/c1-2-3-4-5-6-7-8-9-10-11-12-13-14-15-20-28-22-18-16-21(17-19-22)23(30)29-33(31,32)24(25,26)27/h16-19,28H,2-15,20H2,1H3,(H,29,30). The maximum absolute atomic E-state index is 12.3. The van der Waals surface area contributed by atoms with Crippen LogP contribution in [0.3, 0.4) is 0 Å². The van der Waals surface area contributed by atoms with Crippen molar-refractivity contribution in [2.24, 2.45) is 0 Å². The Kier molecular flexibility index (Phi) is 14.2. The number of benzene rings is 1. The van der Waals surface area contributed by atoms with Crippen LogP contribution in [-0.2, 0) is 10.0 Å². The van der Waals surface area contributed by atoms with Gasteiger partial charge in [0.15, 0.2) is 0 Å². The van der Waals surface area contributed by atoms with Crippen molar-refractivity contribution in [2.45, 2.75) is 102 Å². The van der Waals surface area contributed by atoms with Gasteiger partial charge in [-0.1, -0.05) is 90.4 Å². The fourth-order valence-corrected chi connectivity index (χ4v) is 4.01. The van der Waals surface area contributed by atoms with Crippen molar-refractivity contribution < 1.29 is 26.4 Å². The second-order valence-corrected chi connectivity index (χ2v) is 10.2. The molecule has 0 bridgehead atoms. The summed E-state index contributed by atoms with van der Waals surface area (Å²) in [5.74, 6) is -1.31. The zero-order valence-electron chi connectivity index (χ0n) is 19.7. The lowest BCUT2D eigenvalue weighted by Gasteiger charge is -2.10. The first-order valence-electron chi connectivity index (χ1n) is 12.1. The topological polar surface area (TPSA) is 75.3 Å². The van der Waals surface area contributed by atoms with Crippen LogP contribution in [0.1, 0.15) is 107 Å². The van der Waals surface area contributed by atoms with Gasteiger partial charge in [0.1, 0.15) is 0 Å². The van der Waals surface area contributed by atoms with E-state index in [0.717, 1.165) is 29.8 Å². The molecule has 0 unspecified atom stereocenters. The van der Waals surface area contributed by atoms with Gasteiger partial charge < -0.3 is 5.32 Å². The molecule has 1 rings (SSSR count). The van der Waals surface area contributed by atoms with E-state index in [0.29, 0.717) is 0 Å². The molecule has 0 fully saturated rings. The Bertz CT molecular complexity index is 766. The Morgan fingerprint density at radius 1 is 0.758 bits per heavy atom. The third-order valence-electron chi connectivity index (χ3n) is 5.54. The summed E-state index contributed by atoms with van der Waals surface area (Å²) >= 11 is 0. The lowest BCUT2D eigenvalue weighted by Crippen LogP contribution is -2.40. The zero-order chi connectivity index (χ0) is 24.6. The number of unbranched alkanes of at least 4 members (excludes halogenated alkanes) is 13. The van der Waals surface area contributed by atoms with Crippen LogP contribution >= 0.6 is 0 Å². The first-order valence-corrected chi connectivity index (χ1v) is 13.6. The van der Waals surface area contributed by atoms with Gasteiger partial charge in [-0.2, -0.15) is 21.6 Å². The Labute approximate surface area is 197 Å². The minimum Gasteiger partial charge on any atom is -0.385 e. The van der Waals surface area contributed by atoms with Gasteiger partial charge >= 0.3 is 15.5 Å². The van der Waals surface area contributed by atoms with E-state index in [2.05, 4.69) is 12.2 Å². The van der Waals surface area contributed by atoms with E-state index in [1.807, 2.05) is 0 Å². The SMILES string of the molecule is CCCCCCCCCCCCCCCCNc1ccc(C(=O)NS(=O)(=O)C(F)(F)F)cc1. The third kappa shape index (κ3) is 12.9. The van der Waals surface area contributed by atoms with Crippen LogP contribution in [0.2, 0.25) is 0 Å². The van der Waals surface area contributed by atoms with Crippen LogP contribution in [0, 0.1) is 0 Å². The molecule has 2 N–H and O–H groups in total. The molecular weight excluding hydrogens is 453 g/mol. The molecule has 5 nitrogen and oxygen atoms in total. The number of hydrogen-bond acceptors (Lipinski definition) is 4. The van der Waals surface area contributed by atoms with Crippen molar-refractivity contribution in [1.82, 2.24) is 4.72 Å². The molecule has 0 heterocycles. The molecule has 190 valence electrons. The van der Waals surface area contributed by atoms with E-state index < -0.39 is 21.4 Å². The molecule has 0 spiro atoms. The van der Waals surface area contributed by atoms with Gasteiger partial charge in [0.05, 0.1) is 0 Å². The number of nitrogens with one attached hydrogen (secondary N) is 2. The second-order valence-electron chi connectivity index (χ2n) is 8.48.